The largest absolute Gasteiger partial charge is 0.457 e. The third kappa shape index (κ3) is 5.22. The molecular formula is C29H22N2O7. The Hall–Kier alpha value is -5.05. The number of rotatable bonds is 6. The molecule has 5 rings (SSSR count). The van der Waals surface area contributed by atoms with Crippen LogP contribution < -0.4 is 0 Å². The number of carbonyl (C=O) groups excluding carboxylic acids is 1. The molecule has 2 aromatic heterocycles. The van der Waals surface area contributed by atoms with Crippen molar-refractivity contribution in [1.29, 1.82) is 0 Å². The van der Waals surface area contributed by atoms with Gasteiger partial charge in [-0.1, -0.05) is 6.92 Å². The van der Waals surface area contributed by atoms with Crippen LogP contribution in [0.2, 0.25) is 0 Å². The second-order valence-corrected chi connectivity index (χ2v) is 9.19. The Labute approximate surface area is 217 Å². The number of allylic oxidation sites excluding steroid dienone is 2. The molecule has 0 bridgehead atoms. The van der Waals surface area contributed by atoms with Crippen molar-refractivity contribution in [3.05, 3.63) is 116 Å². The number of benzene rings is 2. The zero-order valence-corrected chi connectivity index (χ0v) is 20.3. The lowest BCUT2D eigenvalue weighted by molar-refractivity contribution is -0.385. The third-order valence-corrected chi connectivity index (χ3v) is 6.33. The van der Waals surface area contributed by atoms with Crippen LogP contribution in [0, 0.1) is 26.1 Å². The van der Waals surface area contributed by atoms with Crippen molar-refractivity contribution in [3.63, 3.8) is 0 Å². The average molecular weight is 511 g/mol. The molecule has 1 saturated carbocycles. The van der Waals surface area contributed by atoms with Gasteiger partial charge in [-0.2, -0.15) is 0 Å². The van der Waals surface area contributed by atoms with Gasteiger partial charge in [0.05, 0.1) is 9.85 Å². The quantitative estimate of drug-likeness (QED) is 0.149. The highest BCUT2D eigenvalue weighted by Crippen LogP contribution is 2.34. The van der Waals surface area contributed by atoms with Crippen molar-refractivity contribution in [2.24, 2.45) is 5.92 Å². The minimum atomic E-state index is -0.456. The SMILES string of the molecule is CC1CC(=Cc2ccc(-c3ccc([N+](=O)[O-])cc3)o2)C(=O)C(=Cc2ccc(-c3ccc([N+](=O)[O-])cc3)o2)C1. The number of carbonyl (C=O) groups is 1. The Morgan fingerprint density at radius 3 is 1.45 bits per heavy atom. The molecule has 9 nitrogen and oxygen atoms in total. The van der Waals surface area contributed by atoms with Crippen molar-refractivity contribution in [3.8, 4) is 22.6 Å². The van der Waals surface area contributed by atoms with E-state index >= 15 is 0 Å². The van der Waals surface area contributed by atoms with E-state index in [9.17, 15) is 25.0 Å². The average Bonchev–Trinajstić information content (AvgIpc) is 3.57. The first-order chi connectivity index (χ1) is 18.3. The van der Waals surface area contributed by atoms with Crippen LogP contribution in [-0.2, 0) is 4.79 Å². The summed E-state index contributed by atoms with van der Waals surface area (Å²) >= 11 is 0. The van der Waals surface area contributed by atoms with Gasteiger partial charge in [-0.3, -0.25) is 25.0 Å². The Balaban J connectivity index is 1.35. The molecular weight excluding hydrogens is 488 g/mol. The predicted molar refractivity (Wildman–Crippen MR) is 141 cm³/mol. The Morgan fingerprint density at radius 2 is 1.08 bits per heavy atom. The highest BCUT2D eigenvalue weighted by molar-refractivity contribution is 6.13. The zero-order chi connectivity index (χ0) is 26.8. The van der Waals surface area contributed by atoms with E-state index in [2.05, 4.69) is 6.92 Å². The smallest absolute Gasteiger partial charge is 0.269 e. The predicted octanol–water partition coefficient (Wildman–Crippen LogP) is 7.49. The number of ketones is 1. The lowest BCUT2D eigenvalue weighted by atomic mass is 9.81. The summed E-state index contributed by atoms with van der Waals surface area (Å²) in [6.07, 6.45) is 4.70. The number of nitro benzene ring substituents is 2. The van der Waals surface area contributed by atoms with Crippen LogP contribution in [0.5, 0.6) is 0 Å². The molecule has 0 saturated heterocycles. The summed E-state index contributed by atoms with van der Waals surface area (Å²) in [5, 5.41) is 21.8. The maximum absolute atomic E-state index is 13.3. The van der Waals surface area contributed by atoms with Crippen LogP contribution in [0.3, 0.4) is 0 Å². The van der Waals surface area contributed by atoms with Crippen LogP contribution in [0.1, 0.15) is 31.3 Å². The second-order valence-electron chi connectivity index (χ2n) is 9.19. The fourth-order valence-corrected chi connectivity index (χ4v) is 4.47. The zero-order valence-electron chi connectivity index (χ0n) is 20.3. The van der Waals surface area contributed by atoms with Gasteiger partial charge in [-0.25, -0.2) is 0 Å². The molecule has 1 aliphatic rings. The summed E-state index contributed by atoms with van der Waals surface area (Å²) in [5.41, 5.74) is 2.65. The maximum atomic E-state index is 13.3. The minimum absolute atomic E-state index is 0.000162. The van der Waals surface area contributed by atoms with Gasteiger partial charge in [0.2, 0.25) is 0 Å². The van der Waals surface area contributed by atoms with Crippen LogP contribution in [-0.4, -0.2) is 15.6 Å². The van der Waals surface area contributed by atoms with Crippen LogP contribution in [0.4, 0.5) is 11.4 Å². The third-order valence-electron chi connectivity index (χ3n) is 6.33. The van der Waals surface area contributed by atoms with Gasteiger partial charge in [-0.05, 0) is 79.4 Å². The van der Waals surface area contributed by atoms with Crippen molar-refractivity contribution in [1.82, 2.24) is 0 Å². The van der Waals surface area contributed by atoms with Gasteiger partial charge >= 0.3 is 0 Å². The molecule has 1 aliphatic carbocycles. The highest BCUT2D eigenvalue weighted by atomic mass is 16.6. The summed E-state index contributed by atoms with van der Waals surface area (Å²) in [7, 11) is 0. The first-order valence-electron chi connectivity index (χ1n) is 11.9. The van der Waals surface area contributed by atoms with Crippen molar-refractivity contribution in [2.75, 3.05) is 0 Å². The maximum Gasteiger partial charge on any atom is 0.269 e. The highest BCUT2D eigenvalue weighted by Gasteiger charge is 2.26. The van der Waals surface area contributed by atoms with E-state index in [1.165, 1.54) is 24.3 Å². The molecule has 4 aromatic rings. The Kier molecular flexibility index (Phi) is 6.57. The molecule has 0 N–H and O–H groups in total. The fourth-order valence-electron chi connectivity index (χ4n) is 4.47. The normalized spacial score (nSPS) is 17.7. The van der Waals surface area contributed by atoms with Crippen LogP contribution in [0.25, 0.3) is 34.8 Å². The molecule has 9 heteroatoms. The van der Waals surface area contributed by atoms with Gasteiger partial charge < -0.3 is 8.83 Å². The summed E-state index contributed by atoms with van der Waals surface area (Å²) in [4.78, 5) is 34.1. The van der Waals surface area contributed by atoms with E-state index < -0.39 is 9.85 Å². The van der Waals surface area contributed by atoms with E-state index in [0.717, 1.165) is 0 Å². The van der Waals surface area contributed by atoms with Crippen molar-refractivity contribution in [2.45, 2.75) is 19.8 Å². The first-order valence-corrected chi connectivity index (χ1v) is 11.9. The molecule has 2 heterocycles. The van der Waals surface area contributed by atoms with E-state index in [4.69, 9.17) is 8.83 Å². The minimum Gasteiger partial charge on any atom is -0.457 e. The molecule has 2 aromatic carbocycles. The number of nitro groups is 2. The topological polar surface area (TPSA) is 130 Å². The van der Waals surface area contributed by atoms with E-state index in [-0.39, 0.29) is 23.1 Å². The molecule has 0 spiro atoms. The van der Waals surface area contributed by atoms with Gasteiger partial charge in [0.25, 0.3) is 11.4 Å². The number of hydrogen-bond donors (Lipinski definition) is 0. The molecule has 190 valence electrons. The van der Waals surface area contributed by atoms with Gasteiger partial charge in [0, 0.05) is 46.5 Å². The number of nitrogens with zero attached hydrogens (tertiary/aromatic N) is 2. The van der Waals surface area contributed by atoms with E-state index in [0.29, 0.717) is 58.2 Å². The van der Waals surface area contributed by atoms with Crippen LogP contribution in [0.15, 0.2) is 92.8 Å². The number of non-ortho nitro benzene ring substituents is 2. The van der Waals surface area contributed by atoms with Gasteiger partial charge in [0.15, 0.2) is 5.78 Å². The monoisotopic (exact) mass is 510 g/mol. The molecule has 0 atom stereocenters. The fraction of sp³-hybridized carbons (Fsp3) is 0.138. The molecule has 0 unspecified atom stereocenters. The number of Topliss-reactive ketones (excluding diaryl/α,β-unsaturated/α-hetero) is 1. The molecule has 0 amide bonds. The molecule has 0 aliphatic heterocycles. The van der Waals surface area contributed by atoms with E-state index in [1.807, 2.05) is 0 Å². The summed E-state index contributed by atoms with van der Waals surface area (Å²) in [5.74, 6) is 2.30. The lowest BCUT2D eigenvalue weighted by Crippen LogP contribution is -2.18. The summed E-state index contributed by atoms with van der Waals surface area (Å²) < 4.78 is 11.8. The number of hydrogen-bond acceptors (Lipinski definition) is 7. The molecule has 0 radical (unpaired) electrons. The van der Waals surface area contributed by atoms with Gasteiger partial charge in [0.1, 0.15) is 23.0 Å². The lowest BCUT2D eigenvalue weighted by Gasteiger charge is -2.22. The first kappa shape index (κ1) is 24.6. The Bertz CT molecular complexity index is 1470. The van der Waals surface area contributed by atoms with E-state index in [1.54, 1.807) is 60.7 Å². The molecule has 38 heavy (non-hydrogen) atoms. The van der Waals surface area contributed by atoms with Crippen LogP contribution >= 0.6 is 0 Å². The number of furan rings is 2. The second kappa shape index (κ2) is 10.1. The standard InChI is InChI=1S/C29H22N2O7/c1-18-14-21(16-25-10-12-27(37-25)19-2-6-23(7-3-19)30(33)34)29(32)22(15-18)17-26-11-13-28(38-26)20-4-8-24(9-5-20)31(35)36/h2-13,16-18H,14-15H2,1H3. The summed E-state index contributed by atoms with van der Waals surface area (Å²) in [6.45, 7) is 2.07. The molecule has 1 fully saturated rings. The van der Waals surface area contributed by atoms with Crippen molar-refractivity contribution < 1.29 is 23.5 Å². The van der Waals surface area contributed by atoms with Crippen molar-refractivity contribution >= 4 is 29.3 Å². The Morgan fingerprint density at radius 1 is 0.684 bits per heavy atom. The summed E-state index contributed by atoms with van der Waals surface area (Å²) in [6, 6.07) is 19.2. The van der Waals surface area contributed by atoms with Gasteiger partial charge in [-0.15, -0.1) is 0 Å².